The van der Waals surface area contributed by atoms with Gasteiger partial charge in [-0.15, -0.1) is 12.6 Å². The Morgan fingerprint density at radius 2 is 2.30 bits per heavy atom. The first-order valence-corrected chi connectivity index (χ1v) is 8.50. The smallest absolute Gasteiger partial charge is 0.0459 e. The number of nitrogens with one attached hydrogen (secondary N) is 1. The summed E-state index contributed by atoms with van der Waals surface area (Å²) in [5.41, 5.74) is 4.32. The molecule has 0 bridgehead atoms. The SMILES string of the molecule is CSCC1C[N-]C2Cc3c[nH]c4cccc(c34)C2C1.[Pr]. The van der Waals surface area contributed by atoms with Gasteiger partial charge in [0.1, 0.15) is 0 Å². The molecule has 4 heteroatoms. The first-order chi connectivity index (χ1) is 9.36. The van der Waals surface area contributed by atoms with E-state index >= 15 is 0 Å². The molecule has 0 saturated carbocycles. The van der Waals surface area contributed by atoms with Gasteiger partial charge in [0.05, 0.1) is 0 Å². The van der Waals surface area contributed by atoms with Crippen LogP contribution >= 0.6 is 11.8 Å². The number of benzene rings is 1. The molecule has 1 N–H and O–H groups in total. The number of hydrogen-bond acceptors (Lipinski definition) is 1. The first-order valence-electron chi connectivity index (χ1n) is 7.11. The van der Waals surface area contributed by atoms with Gasteiger partial charge in [0.2, 0.25) is 0 Å². The molecule has 1 aliphatic heterocycles. The van der Waals surface area contributed by atoms with Crippen molar-refractivity contribution in [2.75, 3.05) is 18.6 Å². The average Bonchev–Trinajstić information content (AvgIpc) is 2.85. The molecule has 3 atom stereocenters. The molecular formula is C16H19N2PrS-. The van der Waals surface area contributed by atoms with Crippen molar-refractivity contribution >= 4 is 22.7 Å². The van der Waals surface area contributed by atoms with Gasteiger partial charge in [0.25, 0.3) is 0 Å². The van der Waals surface area contributed by atoms with Gasteiger partial charge in [0.15, 0.2) is 0 Å². The molecule has 4 rings (SSSR count). The van der Waals surface area contributed by atoms with Crippen LogP contribution in [0.4, 0.5) is 0 Å². The largest absolute Gasteiger partial charge is 0.659 e. The van der Waals surface area contributed by atoms with Crippen LogP contribution < -0.4 is 0 Å². The first kappa shape index (κ1) is 15.3. The van der Waals surface area contributed by atoms with Crippen molar-refractivity contribution in [1.29, 1.82) is 0 Å². The third-order valence-corrected chi connectivity index (χ3v) is 5.51. The number of aromatic amines is 1. The minimum Gasteiger partial charge on any atom is -0.659 e. The van der Waals surface area contributed by atoms with Crippen molar-refractivity contribution in [2.24, 2.45) is 5.92 Å². The zero-order valence-electron chi connectivity index (χ0n) is 11.8. The van der Waals surface area contributed by atoms with Crippen LogP contribution in [0, 0.1) is 47.2 Å². The molecule has 2 heterocycles. The zero-order valence-corrected chi connectivity index (χ0v) is 16.3. The maximum atomic E-state index is 4.99. The maximum Gasteiger partial charge on any atom is 0.0459 e. The summed E-state index contributed by atoms with van der Waals surface area (Å²) in [4.78, 5) is 3.42. The monoisotopic (exact) mass is 412 g/mol. The van der Waals surface area contributed by atoms with E-state index in [-0.39, 0.29) is 41.3 Å². The molecule has 1 saturated heterocycles. The third-order valence-electron chi connectivity index (χ3n) is 4.70. The molecule has 2 nitrogen and oxygen atoms in total. The summed E-state index contributed by atoms with van der Waals surface area (Å²) in [5.74, 6) is 2.67. The van der Waals surface area contributed by atoms with E-state index in [9.17, 15) is 0 Å². The Morgan fingerprint density at radius 3 is 3.15 bits per heavy atom. The van der Waals surface area contributed by atoms with Gasteiger partial charge in [0, 0.05) is 58.4 Å². The van der Waals surface area contributed by atoms with E-state index in [2.05, 4.69) is 35.6 Å². The summed E-state index contributed by atoms with van der Waals surface area (Å²) in [7, 11) is 0. The third kappa shape index (κ3) is 2.49. The number of thioether (sulfide) groups is 1. The van der Waals surface area contributed by atoms with Crippen LogP contribution in [0.2, 0.25) is 0 Å². The van der Waals surface area contributed by atoms with Crippen molar-refractivity contribution in [3.63, 3.8) is 0 Å². The summed E-state index contributed by atoms with van der Waals surface area (Å²) < 4.78 is 0. The number of hydrogen-bond donors (Lipinski definition) is 1. The van der Waals surface area contributed by atoms with Crippen molar-refractivity contribution in [1.82, 2.24) is 4.98 Å². The van der Waals surface area contributed by atoms with Crippen LogP contribution in [-0.2, 0) is 6.42 Å². The summed E-state index contributed by atoms with van der Waals surface area (Å²) in [6.45, 7) is 1.07. The summed E-state index contributed by atoms with van der Waals surface area (Å²) in [6, 6.07) is 7.24. The predicted molar refractivity (Wildman–Crippen MR) is 83.2 cm³/mol. The van der Waals surface area contributed by atoms with Gasteiger partial charge in [-0.25, -0.2) is 0 Å². The molecule has 1 aromatic carbocycles. The summed E-state index contributed by atoms with van der Waals surface area (Å²) in [5, 5.41) is 6.48. The fraction of sp³-hybridized carbons (Fsp3) is 0.500. The number of aromatic nitrogens is 1. The number of nitrogens with zero attached hydrogens (tertiary/aromatic N) is 1. The van der Waals surface area contributed by atoms with Gasteiger partial charge in [-0.3, -0.25) is 0 Å². The normalized spacial score (nSPS) is 27.9. The van der Waals surface area contributed by atoms with Crippen molar-refractivity contribution in [3.8, 4) is 0 Å². The number of piperidine rings is 1. The Labute approximate surface area is 157 Å². The van der Waals surface area contributed by atoms with E-state index < -0.39 is 0 Å². The van der Waals surface area contributed by atoms with Gasteiger partial charge in [-0.2, -0.15) is 11.8 Å². The summed E-state index contributed by atoms with van der Waals surface area (Å²) >= 11 is 1.96. The van der Waals surface area contributed by atoms with Crippen LogP contribution in [0.25, 0.3) is 16.2 Å². The Balaban J connectivity index is 0.00000121. The van der Waals surface area contributed by atoms with Crippen LogP contribution in [0.15, 0.2) is 24.4 Å². The van der Waals surface area contributed by atoms with Crippen LogP contribution in [0.5, 0.6) is 0 Å². The fourth-order valence-corrected chi connectivity index (χ4v) is 4.59. The molecule has 1 radical (unpaired) electrons. The Morgan fingerprint density at radius 1 is 1.40 bits per heavy atom. The number of H-pyrrole nitrogens is 1. The second-order valence-corrected chi connectivity index (χ2v) is 6.79. The maximum absolute atomic E-state index is 4.99. The minimum atomic E-state index is 0. The summed E-state index contributed by atoms with van der Waals surface area (Å²) in [6.07, 6.45) is 6.85. The molecule has 103 valence electrons. The van der Waals surface area contributed by atoms with Crippen molar-refractivity contribution < 1.29 is 41.3 Å². The van der Waals surface area contributed by atoms with Crippen LogP contribution in [0.3, 0.4) is 0 Å². The molecule has 3 unspecified atom stereocenters. The van der Waals surface area contributed by atoms with Gasteiger partial charge >= 0.3 is 0 Å². The molecule has 1 aliphatic carbocycles. The quantitative estimate of drug-likeness (QED) is 0.796. The van der Waals surface area contributed by atoms with Crippen LogP contribution in [-0.4, -0.2) is 29.6 Å². The molecule has 0 amide bonds. The van der Waals surface area contributed by atoms with Crippen LogP contribution in [0.1, 0.15) is 23.5 Å². The predicted octanol–water partition coefficient (Wildman–Crippen LogP) is 3.93. The van der Waals surface area contributed by atoms with Gasteiger partial charge < -0.3 is 10.3 Å². The molecular weight excluding hydrogens is 393 g/mol. The average molecular weight is 412 g/mol. The molecule has 2 aliphatic rings. The molecule has 1 aromatic heterocycles. The van der Waals surface area contributed by atoms with Crippen molar-refractivity contribution in [3.05, 3.63) is 40.8 Å². The van der Waals surface area contributed by atoms with E-state index in [0.717, 1.165) is 18.9 Å². The van der Waals surface area contributed by atoms with E-state index in [0.29, 0.717) is 12.0 Å². The standard InChI is InChI=1S/C16H19N2S.Pr/c1-19-9-10-5-13-12-3-2-4-14-16(12)11(8-18-14)6-15(13)17-7-10;/h2-4,8,10,13,15,18H,5-7,9H2,1H3;/q-1;. The topological polar surface area (TPSA) is 29.9 Å². The second-order valence-electron chi connectivity index (χ2n) is 5.88. The molecule has 0 spiro atoms. The van der Waals surface area contributed by atoms with Gasteiger partial charge in [-0.1, -0.05) is 18.1 Å². The molecule has 1 fully saturated rings. The van der Waals surface area contributed by atoms with Crippen molar-refractivity contribution in [2.45, 2.75) is 24.8 Å². The van der Waals surface area contributed by atoms with E-state index in [1.165, 1.54) is 28.6 Å². The Kier molecular flexibility index (Phi) is 4.81. The van der Waals surface area contributed by atoms with E-state index in [1.54, 1.807) is 5.56 Å². The Bertz CT molecular complexity index is 610. The minimum absolute atomic E-state index is 0. The van der Waals surface area contributed by atoms with Gasteiger partial charge in [-0.05, 0) is 48.0 Å². The molecule has 20 heavy (non-hydrogen) atoms. The van der Waals surface area contributed by atoms with E-state index in [4.69, 9.17) is 5.32 Å². The number of fused-ring (bicyclic) bond motifs is 2. The molecule has 2 aromatic rings. The zero-order chi connectivity index (χ0) is 12.8. The number of rotatable bonds is 2. The second kappa shape index (κ2) is 6.28. The fourth-order valence-electron chi connectivity index (χ4n) is 3.88. The Hall–Kier alpha value is 0.434. The van der Waals surface area contributed by atoms with E-state index in [1.807, 2.05) is 11.8 Å².